The predicted octanol–water partition coefficient (Wildman–Crippen LogP) is 6.12. The van der Waals surface area contributed by atoms with Crippen LogP contribution >= 0.6 is 0 Å². The van der Waals surface area contributed by atoms with E-state index in [2.05, 4.69) is 50.2 Å². The molecule has 1 atom stereocenters. The van der Waals surface area contributed by atoms with Crippen LogP contribution in [0, 0.1) is 0 Å². The summed E-state index contributed by atoms with van der Waals surface area (Å²) in [6.45, 7) is 8.02. The van der Waals surface area contributed by atoms with Gasteiger partial charge in [0.2, 0.25) is 5.76 Å². The summed E-state index contributed by atoms with van der Waals surface area (Å²) >= 11 is 0. The molecule has 0 saturated heterocycles. The van der Waals surface area contributed by atoms with Crippen LogP contribution in [0.1, 0.15) is 84.7 Å². The zero-order valence-electron chi connectivity index (χ0n) is 29.4. The van der Waals surface area contributed by atoms with Gasteiger partial charge in [0.05, 0.1) is 16.3 Å². The third-order valence-corrected chi connectivity index (χ3v) is 9.24. The van der Waals surface area contributed by atoms with E-state index < -0.39 is 34.0 Å². The molecule has 5 aromatic rings. The molecule has 0 aliphatic rings. The first-order valence-electron chi connectivity index (χ1n) is 16.8. The molecule has 0 saturated carbocycles. The number of aromatic nitrogens is 1. The van der Waals surface area contributed by atoms with E-state index in [9.17, 15) is 34.2 Å². The summed E-state index contributed by atoms with van der Waals surface area (Å²) in [5.74, 6) is -2.87. The number of aromatic carboxylic acids is 2. The number of carbonyl (C=O) groups is 3. The molecule has 2 heterocycles. The Hall–Kier alpha value is -4.35. The minimum absolute atomic E-state index is 0. The number of carboxylic acid groups (broad SMARTS) is 2. The summed E-state index contributed by atoms with van der Waals surface area (Å²) in [6, 6.07) is 24.0. The van der Waals surface area contributed by atoms with Crippen LogP contribution in [-0.4, -0.2) is 87.1 Å². The quantitative estimate of drug-likeness (QED) is 0.116. The molecule has 0 spiro atoms. The number of pyridine rings is 1. The number of hydrogen-bond acceptors (Lipinski definition) is 7. The van der Waals surface area contributed by atoms with Crippen molar-refractivity contribution in [2.24, 2.45) is 0 Å². The molecule has 2 aromatic heterocycles. The van der Waals surface area contributed by atoms with Crippen molar-refractivity contribution in [3.8, 4) is 0 Å². The Morgan fingerprint density at radius 3 is 1.82 bits per heavy atom. The molecule has 1 unspecified atom stereocenters. The topological polar surface area (TPSA) is 147 Å². The molecule has 0 fully saturated rings. The molecule has 3 aromatic carbocycles. The van der Waals surface area contributed by atoms with Crippen LogP contribution in [-0.2, 0) is 23.2 Å². The second-order valence-electron chi connectivity index (χ2n) is 12.5. The van der Waals surface area contributed by atoms with Crippen LogP contribution in [0.15, 0.2) is 92.9 Å². The average Bonchev–Trinajstić information content (AvgIpc) is 3.11. The van der Waals surface area contributed by atoms with Crippen LogP contribution < -0.4 is 10.9 Å². The molecule has 0 bridgehead atoms. The van der Waals surface area contributed by atoms with Crippen molar-refractivity contribution in [1.82, 2.24) is 9.47 Å². The van der Waals surface area contributed by atoms with E-state index in [1.54, 1.807) is 6.92 Å². The molecule has 10 nitrogen and oxygen atoms in total. The van der Waals surface area contributed by atoms with Crippen molar-refractivity contribution in [2.75, 3.05) is 14.1 Å². The van der Waals surface area contributed by atoms with E-state index in [1.807, 2.05) is 50.2 Å². The van der Waals surface area contributed by atoms with Gasteiger partial charge in [-0.2, -0.15) is 0 Å². The summed E-state index contributed by atoms with van der Waals surface area (Å²) in [5, 5.41) is 19.0. The number of carboxylic acids is 2. The van der Waals surface area contributed by atoms with Gasteiger partial charge < -0.3 is 24.1 Å². The van der Waals surface area contributed by atoms with Gasteiger partial charge >= 0.3 is 41.5 Å². The van der Waals surface area contributed by atoms with Gasteiger partial charge in [0.15, 0.2) is 10.9 Å². The van der Waals surface area contributed by atoms with Crippen molar-refractivity contribution in [2.45, 2.75) is 71.4 Å². The zero-order chi connectivity index (χ0) is 36.7. The van der Waals surface area contributed by atoms with Crippen LogP contribution in [0.4, 0.5) is 0 Å². The molecule has 5 rings (SSSR count). The summed E-state index contributed by atoms with van der Waals surface area (Å²) in [5.41, 5.74) is 1.20. The normalized spacial score (nSPS) is 11.8. The van der Waals surface area contributed by atoms with Crippen molar-refractivity contribution in [3.63, 3.8) is 0 Å². The molecule has 2 N–H and O–H groups in total. The molecule has 264 valence electrons. The predicted molar refractivity (Wildman–Crippen MR) is 202 cm³/mol. The summed E-state index contributed by atoms with van der Waals surface area (Å²) < 4.78 is 6.94. The Morgan fingerprint density at radius 2 is 1.37 bits per heavy atom. The first kappa shape index (κ1) is 41.1. The molecule has 0 amide bonds. The average molecular weight is 705 g/mol. The van der Waals surface area contributed by atoms with Gasteiger partial charge in [0, 0.05) is 42.1 Å². The van der Waals surface area contributed by atoms with Crippen LogP contribution in [0.5, 0.6) is 0 Å². The van der Waals surface area contributed by atoms with Crippen molar-refractivity contribution in [1.29, 1.82) is 0 Å². The first-order chi connectivity index (χ1) is 23.8. The summed E-state index contributed by atoms with van der Waals surface area (Å²) in [4.78, 5) is 63.2. The third kappa shape index (κ3) is 8.42. The van der Waals surface area contributed by atoms with Gasteiger partial charge in [0.25, 0.3) is 0 Å². The van der Waals surface area contributed by atoms with Gasteiger partial charge in [-0.3, -0.25) is 14.4 Å². The van der Waals surface area contributed by atoms with Crippen LogP contribution in [0.25, 0.3) is 21.9 Å². The molecular formula is C40H45N2NaO8. The van der Waals surface area contributed by atoms with E-state index in [-0.39, 0.29) is 63.9 Å². The maximum atomic E-state index is 13.2. The number of fused-ring (bicyclic) bond motifs is 2. The number of benzene rings is 3. The molecule has 11 heteroatoms. The van der Waals surface area contributed by atoms with E-state index in [1.165, 1.54) is 10.6 Å². The number of nitrogens with zero attached hydrogens (tertiary/aromatic N) is 2. The number of aryl methyl sites for hydroxylation is 2. The Labute approximate surface area is 319 Å². The fourth-order valence-electron chi connectivity index (χ4n) is 6.55. The van der Waals surface area contributed by atoms with Crippen LogP contribution in [0.3, 0.4) is 0 Å². The monoisotopic (exact) mass is 704 g/mol. The van der Waals surface area contributed by atoms with E-state index in [0.29, 0.717) is 36.4 Å². The summed E-state index contributed by atoms with van der Waals surface area (Å²) in [6.07, 6.45) is 2.30. The number of hydrogen-bond donors (Lipinski definition) is 2. The van der Waals surface area contributed by atoms with Gasteiger partial charge in [-0.15, -0.1) is 0 Å². The Kier molecular flexibility index (Phi) is 14.3. The SMILES string of the molecule is CCC(=O)C(CC(C)N(C)C)(c1ccccc1)c1ccccc1.CCCc1c2oc(C(=O)O)cc(=O)c2cc2c(=O)cc(C(=O)O)n(CC)c12.[NaH]. The molecule has 51 heavy (non-hydrogen) atoms. The van der Waals surface area contributed by atoms with Gasteiger partial charge in [-0.25, -0.2) is 9.59 Å². The number of rotatable bonds is 12. The summed E-state index contributed by atoms with van der Waals surface area (Å²) in [7, 11) is 4.14. The van der Waals surface area contributed by atoms with Crippen molar-refractivity contribution in [3.05, 3.63) is 127 Å². The van der Waals surface area contributed by atoms with Crippen LogP contribution in [0.2, 0.25) is 0 Å². The number of carbonyl (C=O) groups excluding carboxylic acids is 1. The molecule has 0 aliphatic heterocycles. The van der Waals surface area contributed by atoms with Crippen molar-refractivity contribution >= 4 is 69.2 Å². The van der Waals surface area contributed by atoms with E-state index >= 15 is 0 Å². The molecular weight excluding hydrogens is 659 g/mol. The van der Waals surface area contributed by atoms with Gasteiger partial charge in [0.1, 0.15) is 17.1 Å². The number of Topliss-reactive ketones (excluding diaryl/α,β-unsaturated/α-hetero) is 1. The number of ketones is 1. The standard InChI is InChI=1S/C21H27NO.C19H17NO7.Na.H/c1-5-20(23)21(16-17(2)22(3)4,18-12-8-6-9-13-18)19-14-10-7-11-15-19;1-3-5-9-16-10(13(21)7-12(18(23)24)20(16)4-2)6-11-14(22)8-15(19(25)26)27-17(9)11;;/h6-15,17H,5,16H2,1-4H3;6-8H,3-5H2,1-2H3,(H,23,24)(H,25,26);;. The molecule has 0 radical (unpaired) electrons. The second-order valence-corrected chi connectivity index (χ2v) is 12.5. The third-order valence-electron chi connectivity index (χ3n) is 9.24. The minimum atomic E-state index is -1.39. The fraction of sp³-hybridized carbons (Fsp3) is 0.325. The van der Waals surface area contributed by atoms with Crippen molar-refractivity contribution < 1.29 is 29.0 Å². The van der Waals surface area contributed by atoms with E-state index in [4.69, 9.17) is 4.42 Å². The van der Waals surface area contributed by atoms with E-state index in [0.717, 1.165) is 29.7 Å². The van der Waals surface area contributed by atoms with Gasteiger partial charge in [-0.05, 0) is 58.0 Å². The zero-order valence-corrected chi connectivity index (χ0v) is 29.4. The Bertz CT molecular complexity index is 2100. The maximum absolute atomic E-state index is 13.2. The second kappa shape index (κ2) is 17.7. The Morgan fingerprint density at radius 1 is 0.824 bits per heavy atom. The first-order valence-corrected chi connectivity index (χ1v) is 16.8. The van der Waals surface area contributed by atoms with Gasteiger partial charge in [-0.1, -0.05) is 80.9 Å². The Balaban J connectivity index is 0.000000274. The fourth-order valence-corrected chi connectivity index (χ4v) is 6.55. The molecule has 0 aliphatic carbocycles.